The van der Waals surface area contributed by atoms with Crippen LogP contribution in [0.25, 0.3) is 0 Å². The van der Waals surface area contributed by atoms with Gasteiger partial charge >= 0.3 is 0 Å². The lowest BCUT2D eigenvalue weighted by molar-refractivity contribution is 0.103. The van der Waals surface area contributed by atoms with Gasteiger partial charge in [0, 0.05) is 6.20 Å². The molecule has 2 rings (SSSR count). The van der Waals surface area contributed by atoms with Crippen LogP contribution in [0.4, 0.5) is 0 Å². The van der Waals surface area contributed by atoms with Crippen LogP contribution in [-0.2, 0) is 6.42 Å². The number of nitrogens with zero attached hydrogens (tertiary/aromatic N) is 1. The van der Waals surface area contributed by atoms with Crippen LogP contribution in [0.3, 0.4) is 0 Å². The number of ketones is 1. The largest absolute Gasteiger partial charge is 0.286 e. The second-order valence-corrected chi connectivity index (χ2v) is 4.12. The van der Waals surface area contributed by atoms with Gasteiger partial charge in [0.15, 0.2) is 0 Å². The predicted octanol–water partition coefficient (Wildman–Crippen LogP) is 2.94. The molecule has 0 N–H and O–H groups in total. The van der Waals surface area contributed by atoms with Gasteiger partial charge in [-0.3, -0.25) is 9.78 Å². The number of hydrogen-bond acceptors (Lipinski definition) is 3. The lowest BCUT2D eigenvalue weighted by Gasteiger charge is -2.03. The first kappa shape index (κ1) is 10.1. The number of hydrogen-bond donors (Lipinski definition) is 0. The Morgan fingerprint density at radius 1 is 1.40 bits per heavy atom. The van der Waals surface area contributed by atoms with Gasteiger partial charge in [-0.05, 0) is 29.5 Å². The smallest absolute Gasteiger partial charge is 0.221 e. The number of thiophene rings is 1. The van der Waals surface area contributed by atoms with Crippen molar-refractivity contribution in [3.05, 3.63) is 52.0 Å². The van der Waals surface area contributed by atoms with Crippen molar-refractivity contribution >= 4 is 17.1 Å². The van der Waals surface area contributed by atoms with Crippen LogP contribution in [0.2, 0.25) is 0 Å². The molecule has 76 valence electrons. The Morgan fingerprint density at radius 3 is 2.93 bits per heavy atom. The molecule has 0 amide bonds. The first-order valence-electron chi connectivity index (χ1n) is 4.85. The van der Waals surface area contributed by atoms with E-state index < -0.39 is 0 Å². The van der Waals surface area contributed by atoms with Gasteiger partial charge < -0.3 is 0 Å². The number of aryl methyl sites for hydroxylation is 1. The lowest BCUT2D eigenvalue weighted by atomic mass is 10.1. The minimum Gasteiger partial charge on any atom is -0.286 e. The second kappa shape index (κ2) is 4.36. The van der Waals surface area contributed by atoms with Gasteiger partial charge in [-0.2, -0.15) is 0 Å². The number of carbonyl (C=O) groups excluding carboxylic acids is 1. The van der Waals surface area contributed by atoms with E-state index in [4.69, 9.17) is 0 Å². The van der Waals surface area contributed by atoms with Crippen molar-refractivity contribution in [3.8, 4) is 0 Å². The van der Waals surface area contributed by atoms with Gasteiger partial charge in [0.05, 0.1) is 4.88 Å². The summed E-state index contributed by atoms with van der Waals surface area (Å²) in [6.45, 7) is 2.03. The molecule has 0 saturated carbocycles. The standard InChI is InChI=1S/C12H11NOS/c1-2-9-5-3-7-13-11(9)12(14)10-6-4-8-15-10/h3-8H,2H2,1H3. The normalized spacial score (nSPS) is 10.2. The van der Waals surface area contributed by atoms with Gasteiger partial charge in [0.25, 0.3) is 0 Å². The van der Waals surface area contributed by atoms with Crippen LogP contribution >= 0.6 is 11.3 Å². The average Bonchev–Trinajstić information content (AvgIpc) is 2.81. The quantitative estimate of drug-likeness (QED) is 0.740. The van der Waals surface area contributed by atoms with Crippen LogP contribution in [0, 0.1) is 0 Å². The molecule has 0 unspecified atom stereocenters. The van der Waals surface area contributed by atoms with E-state index in [9.17, 15) is 4.79 Å². The zero-order valence-electron chi connectivity index (χ0n) is 8.43. The third-order valence-corrected chi connectivity index (χ3v) is 3.10. The summed E-state index contributed by atoms with van der Waals surface area (Å²) in [5.74, 6) is 0.0300. The Bertz CT molecular complexity index is 462. The molecule has 0 radical (unpaired) electrons. The second-order valence-electron chi connectivity index (χ2n) is 3.17. The summed E-state index contributed by atoms with van der Waals surface area (Å²) in [6.07, 6.45) is 2.50. The SMILES string of the molecule is CCc1cccnc1C(=O)c1cccs1. The summed E-state index contributed by atoms with van der Waals surface area (Å²) in [7, 11) is 0. The van der Waals surface area contributed by atoms with Crippen LogP contribution in [-0.4, -0.2) is 10.8 Å². The third-order valence-electron chi connectivity index (χ3n) is 2.23. The first-order chi connectivity index (χ1) is 7.33. The van der Waals surface area contributed by atoms with E-state index in [0.717, 1.165) is 16.9 Å². The van der Waals surface area contributed by atoms with Crippen molar-refractivity contribution in [2.45, 2.75) is 13.3 Å². The molecule has 2 heterocycles. The minimum atomic E-state index is 0.0300. The summed E-state index contributed by atoms with van der Waals surface area (Å²) in [4.78, 5) is 17.0. The molecule has 0 spiro atoms. The lowest BCUT2D eigenvalue weighted by Crippen LogP contribution is -2.05. The highest BCUT2D eigenvalue weighted by Crippen LogP contribution is 2.16. The van der Waals surface area contributed by atoms with Crippen LogP contribution < -0.4 is 0 Å². The molecular formula is C12H11NOS. The molecule has 0 saturated heterocycles. The monoisotopic (exact) mass is 217 g/mol. The minimum absolute atomic E-state index is 0.0300. The maximum Gasteiger partial charge on any atom is 0.221 e. The molecule has 0 aliphatic heterocycles. The summed E-state index contributed by atoms with van der Waals surface area (Å²) >= 11 is 1.46. The van der Waals surface area contributed by atoms with Gasteiger partial charge in [0.1, 0.15) is 5.69 Å². The third kappa shape index (κ3) is 1.97. The van der Waals surface area contributed by atoms with E-state index in [1.807, 2.05) is 36.6 Å². The number of rotatable bonds is 3. The fraction of sp³-hybridized carbons (Fsp3) is 0.167. The van der Waals surface area contributed by atoms with Gasteiger partial charge in [-0.25, -0.2) is 0 Å². The van der Waals surface area contributed by atoms with E-state index in [1.54, 1.807) is 6.20 Å². The van der Waals surface area contributed by atoms with E-state index >= 15 is 0 Å². The van der Waals surface area contributed by atoms with Crippen LogP contribution in [0.1, 0.15) is 27.9 Å². The highest BCUT2D eigenvalue weighted by molar-refractivity contribution is 7.12. The van der Waals surface area contributed by atoms with Crippen molar-refractivity contribution in [2.24, 2.45) is 0 Å². The van der Waals surface area contributed by atoms with Crippen molar-refractivity contribution in [2.75, 3.05) is 0 Å². The zero-order chi connectivity index (χ0) is 10.7. The predicted molar refractivity (Wildman–Crippen MR) is 61.4 cm³/mol. The van der Waals surface area contributed by atoms with Crippen molar-refractivity contribution < 1.29 is 4.79 Å². The Morgan fingerprint density at radius 2 is 2.27 bits per heavy atom. The highest BCUT2D eigenvalue weighted by Gasteiger charge is 2.14. The Labute approximate surface area is 92.6 Å². The molecular weight excluding hydrogens is 206 g/mol. The maximum absolute atomic E-state index is 12.0. The fourth-order valence-electron chi connectivity index (χ4n) is 1.45. The Hall–Kier alpha value is -1.48. The average molecular weight is 217 g/mol. The Balaban J connectivity index is 2.42. The van der Waals surface area contributed by atoms with E-state index in [2.05, 4.69) is 4.98 Å². The molecule has 2 aromatic heterocycles. The molecule has 0 aliphatic carbocycles. The molecule has 0 atom stereocenters. The van der Waals surface area contributed by atoms with Gasteiger partial charge in [-0.1, -0.05) is 19.1 Å². The van der Waals surface area contributed by atoms with Gasteiger partial charge in [0.2, 0.25) is 5.78 Å². The van der Waals surface area contributed by atoms with E-state index in [1.165, 1.54) is 11.3 Å². The van der Waals surface area contributed by atoms with Crippen LogP contribution in [0.5, 0.6) is 0 Å². The molecule has 2 nitrogen and oxygen atoms in total. The molecule has 2 aromatic rings. The summed E-state index contributed by atoms with van der Waals surface area (Å²) in [6, 6.07) is 7.53. The molecule has 0 bridgehead atoms. The number of aromatic nitrogens is 1. The topological polar surface area (TPSA) is 30.0 Å². The van der Waals surface area contributed by atoms with Crippen LogP contribution in [0.15, 0.2) is 35.8 Å². The Kier molecular flexibility index (Phi) is 2.92. The maximum atomic E-state index is 12.0. The molecule has 3 heteroatoms. The molecule has 0 aromatic carbocycles. The van der Waals surface area contributed by atoms with Crippen molar-refractivity contribution in [1.82, 2.24) is 4.98 Å². The van der Waals surface area contributed by atoms with Crippen molar-refractivity contribution in [1.29, 1.82) is 0 Å². The molecule has 0 fully saturated rings. The molecule has 0 aliphatic rings. The molecule has 15 heavy (non-hydrogen) atoms. The van der Waals surface area contributed by atoms with Crippen molar-refractivity contribution in [3.63, 3.8) is 0 Å². The number of pyridine rings is 1. The van der Waals surface area contributed by atoms with Gasteiger partial charge in [-0.15, -0.1) is 11.3 Å². The summed E-state index contributed by atoms with van der Waals surface area (Å²) in [5, 5.41) is 1.90. The fourth-order valence-corrected chi connectivity index (χ4v) is 2.12. The summed E-state index contributed by atoms with van der Waals surface area (Å²) in [5.41, 5.74) is 1.60. The number of carbonyl (C=O) groups is 1. The first-order valence-corrected chi connectivity index (χ1v) is 5.73. The zero-order valence-corrected chi connectivity index (χ0v) is 9.25. The summed E-state index contributed by atoms with van der Waals surface area (Å²) < 4.78 is 0. The highest BCUT2D eigenvalue weighted by atomic mass is 32.1. The van der Waals surface area contributed by atoms with E-state index in [0.29, 0.717) is 5.69 Å². The van der Waals surface area contributed by atoms with E-state index in [-0.39, 0.29) is 5.78 Å².